The number of carbonyl (C=O) groups is 1. The van der Waals surface area contributed by atoms with E-state index in [0.29, 0.717) is 40.8 Å². The maximum Gasteiger partial charge on any atom is 0.159 e. The van der Waals surface area contributed by atoms with Crippen LogP contribution >= 0.6 is 11.6 Å². The van der Waals surface area contributed by atoms with Gasteiger partial charge in [-0.15, -0.1) is 0 Å². The summed E-state index contributed by atoms with van der Waals surface area (Å²) in [5, 5.41) is 11.3. The lowest BCUT2D eigenvalue weighted by Gasteiger charge is -2.29. The SMILES string of the molecule is CC(=O)c1cccc(OCC(O)CN(Cc2ccc(-c3cccc(Cl)c3)o2)C2CCS(=O)(=O)C2)c1. The van der Waals surface area contributed by atoms with E-state index in [1.54, 1.807) is 30.3 Å². The number of ketones is 1. The Hall–Kier alpha value is -2.65. The van der Waals surface area contributed by atoms with Gasteiger partial charge in [-0.3, -0.25) is 9.69 Å². The number of rotatable bonds is 10. The second kappa shape index (κ2) is 11.0. The first-order chi connectivity index (χ1) is 16.7. The van der Waals surface area contributed by atoms with E-state index in [-0.39, 0.29) is 36.5 Å². The zero-order chi connectivity index (χ0) is 25.0. The van der Waals surface area contributed by atoms with Gasteiger partial charge in [0, 0.05) is 28.7 Å². The summed E-state index contributed by atoms with van der Waals surface area (Å²) >= 11 is 6.09. The molecule has 7 nitrogen and oxygen atoms in total. The maximum atomic E-state index is 12.1. The van der Waals surface area contributed by atoms with E-state index >= 15 is 0 Å². The van der Waals surface area contributed by atoms with Crippen molar-refractivity contribution in [3.05, 3.63) is 77.0 Å². The number of benzene rings is 2. The van der Waals surface area contributed by atoms with Crippen LogP contribution in [0.5, 0.6) is 5.75 Å². The maximum absolute atomic E-state index is 12.1. The summed E-state index contributed by atoms with van der Waals surface area (Å²) in [6.45, 7) is 2.04. The zero-order valence-corrected chi connectivity index (χ0v) is 21.0. The van der Waals surface area contributed by atoms with E-state index in [4.69, 9.17) is 20.8 Å². The molecule has 0 spiro atoms. The fourth-order valence-electron chi connectivity index (χ4n) is 4.19. The highest BCUT2D eigenvalue weighted by atomic mass is 35.5. The topological polar surface area (TPSA) is 97.1 Å². The van der Waals surface area contributed by atoms with Gasteiger partial charge in [0.05, 0.1) is 18.1 Å². The van der Waals surface area contributed by atoms with E-state index in [1.165, 1.54) is 6.92 Å². The molecule has 1 N–H and O–H groups in total. The zero-order valence-electron chi connectivity index (χ0n) is 19.4. The lowest BCUT2D eigenvalue weighted by Crippen LogP contribution is -2.42. The molecule has 35 heavy (non-hydrogen) atoms. The van der Waals surface area contributed by atoms with Gasteiger partial charge in [-0.25, -0.2) is 8.42 Å². The number of hydrogen-bond acceptors (Lipinski definition) is 7. The van der Waals surface area contributed by atoms with Crippen molar-refractivity contribution in [2.45, 2.75) is 32.0 Å². The molecule has 0 saturated carbocycles. The predicted molar refractivity (Wildman–Crippen MR) is 135 cm³/mol. The Morgan fingerprint density at radius 1 is 1.20 bits per heavy atom. The van der Waals surface area contributed by atoms with Gasteiger partial charge in [-0.2, -0.15) is 0 Å². The van der Waals surface area contributed by atoms with E-state index < -0.39 is 15.9 Å². The van der Waals surface area contributed by atoms with Gasteiger partial charge in [0.2, 0.25) is 0 Å². The summed E-state index contributed by atoms with van der Waals surface area (Å²) in [7, 11) is -3.11. The van der Waals surface area contributed by atoms with Crippen molar-refractivity contribution >= 4 is 27.2 Å². The van der Waals surface area contributed by atoms with Gasteiger partial charge in [-0.1, -0.05) is 35.9 Å². The van der Waals surface area contributed by atoms with Crippen LogP contribution in [0.3, 0.4) is 0 Å². The van der Waals surface area contributed by atoms with Crippen molar-refractivity contribution in [3.8, 4) is 17.1 Å². The Bertz CT molecular complexity index is 1290. The van der Waals surface area contributed by atoms with Crippen LogP contribution in [-0.2, 0) is 16.4 Å². The number of carbonyl (C=O) groups excluding carboxylic acids is 1. The molecule has 1 aromatic heterocycles. The minimum absolute atomic E-state index is 0.00322. The lowest BCUT2D eigenvalue weighted by atomic mass is 10.1. The quantitative estimate of drug-likeness (QED) is 0.402. The third-order valence-electron chi connectivity index (χ3n) is 5.98. The van der Waals surface area contributed by atoms with Gasteiger partial charge in [-0.05, 0) is 49.7 Å². The van der Waals surface area contributed by atoms with Gasteiger partial charge in [0.1, 0.15) is 30.0 Å². The fraction of sp³-hybridized carbons (Fsp3) is 0.346. The Labute approximate surface area is 210 Å². The largest absolute Gasteiger partial charge is 0.491 e. The second-order valence-corrected chi connectivity index (χ2v) is 11.5. The number of Topliss-reactive ketones (excluding diaryl/α,β-unsaturated/α-hetero) is 1. The number of nitrogens with zero attached hydrogens (tertiary/aromatic N) is 1. The molecule has 0 bridgehead atoms. The summed E-state index contributed by atoms with van der Waals surface area (Å²) < 4.78 is 36.0. The average Bonchev–Trinajstić information content (AvgIpc) is 3.43. The molecule has 0 amide bonds. The number of furan rings is 1. The highest BCUT2D eigenvalue weighted by Crippen LogP contribution is 2.27. The number of aliphatic hydroxyl groups is 1. The Morgan fingerprint density at radius 3 is 2.71 bits per heavy atom. The standard InChI is InChI=1S/C26H28ClNO6S/c1-18(29)19-4-3-7-24(13-19)33-16-23(30)14-28(22-10-11-35(31,32)17-22)15-25-8-9-26(34-25)20-5-2-6-21(27)12-20/h2-9,12-13,22-23,30H,10-11,14-17H2,1H3. The summed E-state index contributed by atoms with van der Waals surface area (Å²) in [4.78, 5) is 13.5. The molecule has 1 aliphatic heterocycles. The molecular weight excluding hydrogens is 490 g/mol. The molecule has 2 unspecified atom stereocenters. The third kappa shape index (κ3) is 6.95. The second-order valence-electron chi connectivity index (χ2n) is 8.81. The van der Waals surface area contributed by atoms with Crippen LogP contribution in [-0.4, -0.2) is 61.0 Å². The summed E-state index contributed by atoms with van der Waals surface area (Å²) in [6, 6.07) is 17.6. The lowest BCUT2D eigenvalue weighted by molar-refractivity contribution is 0.0498. The molecule has 3 aromatic rings. The number of halogens is 1. The van der Waals surface area contributed by atoms with Crippen molar-refractivity contribution in [2.24, 2.45) is 0 Å². The van der Waals surface area contributed by atoms with E-state index in [0.717, 1.165) is 5.56 Å². The monoisotopic (exact) mass is 517 g/mol. The first-order valence-electron chi connectivity index (χ1n) is 11.4. The predicted octanol–water partition coefficient (Wildman–Crippen LogP) is 4.23. The van der Waals surface area contributed by atoms with E-state index in [2.05, 4.69) is 0 Å². The van der Waals surface area contributed by atoms with Crippen molar-refractivity contribution in [1.82, 2.24) is 4.90 Å². The molecule has 1 fully saturated rings. The van der Waals surface area contributed by atoms with Crippen LogP contribution in [0.15, 0.2) is 65.1 Å². The van der Waals surface area contributed by atoms with Gasteiger partial charge < -0.3 is 14.3 Å². The Kier molecular flexibility index (Phi) is 7.96. The van der Waals surface area contributed by atoms with Crippen LogP contribution in [0.1, 0.15) is 29.5 Å². The molecule has 186 valence electrons. The van der Waals surface area contributed by atoms with Crippen LogP contribution in [0.2, 0.25) is 5.02 Å². The summed E-state index contributed by atoms with van der Waals surface area (Å²) in [5.41, 5.74) is 1.38. The van der Waals surface area contributed by atoms with Crippen LogP contribution in [0.4, 0.5) is 0 Å². The minimum atomic E-state index is -3.11. The number of sulfone groups is 1. The number of hydrogen-bond donors (Lipinski definition) is 1. The molecule has 1 saturated heterocycles. The normalized spacial score (nSPS) is 18.0. The van der Waals surface area contributed by atoms with Crippen molar-refractivity contribution in [2.75, 3.05) is 24.7 Å². The summed E-state index contributed by atoms with van der Waals surface area (Å²) in [6.07, 6.45) is -0.375. The summed E-state index contributed by atoms with van der Waals surface area (Å²) in [5.74, 6) is 1.92. The number of ether oxygens (including phenoxy) is 1. The van der Waals surface area contributed by atoms with Crippen molar-refractivity contribution in [1.29, 1.82) is 0 Å². The van der Waals surface area contributed by atoms with Gasteiger partial charge in [0.25, 0.3) is 0 Å². The molecule has 1 aliphatic rings. The average molecular weight is 518 g/mol. The first kappa shape index (κ1) is 25.4. The van der Waals surface area contributed by atoms with E-state index in [1.807, 2.05) is 35.2 Å². The molecule has 2 atom stereocenters. The molecule has 0 radical (unpaired) electrons. The molecule has 9 heteroatoms. The highest BCUT2D eigenvalue weighted by Gasteiger charge is 2.33. The molecule has 4 rings (SSSR count). The highest BCUT2D eigenvalue weighted by molar-refractivity contribution is 7.91. The smallest absolute Gasteiger partial charge is 0.159 e. The first-order valence-corrected chi connectivity index (χ1v) is 13.6. The van der Waals surface area contributed by atoms with E-state index in [9.17, 15) is 18.3 Å². The third-order valence-corrected chi connectivity index (χ3v) is 7.97. The minimum Gasteiger partial charge on any atom is -0.491 e. The molecular formula is C26H28ClNO6S. The van der Waals surface area contributed by atoms with Gasteiger partial charge >= 0.3 is 0 Å². The number of aliphatic hydroxyl groups excluding tert-OH is 1. The van der Waals surface area contributed by atoms with Crippen LogP contribution in [0.25, 0.3) is 11.3 Å². The molecule has 0 aliphatic carbocycles. The molecule has 2 aromatic carbocycles. The van der Waals surface area contributed by atoms with Crippen molar-refractivity contribution in [3.63, 3.8) is 0 Å². The van der Waals surface area contributed by atoms with Crippen molar-refractivity contribution < 1.29 is 27.5 Å². The Balaban J connectivity index is 1.44. The van der Waals surface area contributed by atoms with Crippen LogP contribution < -0.4 is 4.74 Å². The van der Waals surface area contributed by atoms with Crippen LogP contribution in [0, 0.1) is 0 Å². The Morgan fingerprint density at radius 2 is 2.00 bits per heavy atom. The van der Waals surface area contributed by atoms with Gasteiger partial charge in [0.15, 0.2) is 15.6 Å². The fourth-order valence-corrected chi connectivity index (χ4v) is 6.14. The molecule has 2 heterocycles.